The van der Waals surface area contributed by atoms with Gasteiger partial charge in [0, 0.05) is 23.3 Å². The zero-order valence-electron chi connectivity index (χ0n) is 15.3. The Bertz CT molecular complexity index is 1140. The normalized spacial score (nSPS) is 10.9. The minimum atomic E-state index is -0.120. The second-order valence-corrected chi connectivity index (χ2v) is 6.87. The summed E-state index contributed by atoms with van der Waals surface area (Å²) >= 11 is 5.90. The maximum atomic E-state index is 12.7. The van der Waals surface area contributed by atoms with E-state index in [1.807, 2.05) is 61.5 Å². The van der Waals surface area contributed by atoms with Gasteiger partial charge in [0.25, 0.3) is 5.91 Å². The molecule has 0 saturated heterocycles. The minimum Gasteiger partial charge on any atom is -0.352 e. The number of amides is 1. The molecular weight excluding hydrogens is 374 g/mol. The molecule has 28 heavy (non-hydrogen) atoms. The van der Waals surface area contributed by atoms with Crippen molar-refractivity contribution in [3.8, 4) is 5.69 Å². The van der Waals surface area contributed by atoms with Crippen molar-refractivity contribution < 1.29 is 4.79 Å². The largest absolute Gasteiger partial charge is 0.352 e. The third kappa shape index (κ3) is 3.59. The highest BCUT2D eigenvalue weighted by Crippen LogP contribution is 2.20. The van der Waals surface area contributed by atoms with Crippen LogP contribution in [0.25, 0.3) is 16.9 Å². The van der Waals surface area contributed by atoms with E-state index in [9.17, 15) is 4.79 Å². The highest BCUT2D eigenvalue weighted by atomic mass is 35.5. The molecule has 0 saturated carbocycles. The Kier molecular flexibility index (Phi) is 5.04. The zero-order chi connectivity index (χ0) is 19.5. The van der Waals surface area contributed by atoms with Crippen LogP contribution in [0.1, 0.15) is 21.5 Å². The van der Waals surface area contributed by atoms with E-state index >= 15 is 0 Å². The smallest absolute Gasteiger partial charge is 0.251 e. The molecule has 1 N–H and O–H groups in total. The van der Waals surface area contributed by atoms with E-state index in [4.69, 9.17) is 11.6 Å². The standard InChI is InChI=1S/C21H18ClN5O/c1-14-17(21(28)24-13-11-15-7-9-16(22)10-8-15)4-2-6-19(14)27-20-18(25-26-27)5-3-12-23-20/h2-10,12H,11,13H2,1H3,(H,24,28). The van der Waals surface area contributed by atoms with Crippen LogP contribution in [-0.2, 0) is 6.42 Å². The monoisotopic (exact) mass is 391 g/mol. The van der Waals surface area contributed by atoms with Crippen molar-refractivity contribution in [2.45, 2.75) is 13.3 Å². The summed E-state index contributed by atoms with van der Waals surface area (Å²) in [4.78, 5) is 17.1. The second-order valence-electron chi connectivity index (χ2n) is 6.43. The van der Waals surface area contributed by atoms with Crippen LogP contribution in [0.15, 0.2) is 60.8 Å². The molecule has 0 radical (unpaired) electrons. The number of fused-ring (bicyclic) bond motifs is 1. The third-order valence-electron chi connectivity index (χ3n) is 4.60. The van der Waals surface area contributed by atoms with Gasteiger partial charge in [-0.25, -0.2) is 4.98 Å². The summed E-state index contributed by atoms with van der Waals surface area (Å²) in [5.41, 5.74) is 4.70. The first-order chi connectivity index (χ1) is 13.6. The molecule has 140 valence electrons. The maximum Gasteiger partial charge on any atom is 0.251 e. The average molecular weight is 392 g/mol. The van der Waals surface area contributed by atoms with E-state index in [1.165, 1.54) is 0 Å². The molecule has 7 heteroatoms. The van der Waals surface area contributed by atoms with Gasteiger partial charge >= 0.3 is 0 Å². The first-order valence-electron chi connectivity index (χ1n) is 8.92. The molecule has 4 rings (SSSR count). The van der Waals surface area contributed by atoms with Crippen LogP contribution in [0.5, 0.6) is 0 Å². The summed E-state index contributed by atoms with van der Waals surface area (Å²) in [5.74, 6) is -0.120. The SMILES string of the molecule is Cc1c(C(=O)NCCc2ccc(Cl)cc2)cccc1-n1nnc2cccnc21. The third-order valence-corrected chi connectivity index (χ3v) is 4.85. The number of hydrogen-bond donors (Lipinski definition) is 1. The highest BCUT2D eigenvalue weighted by molar-refractivity contribution is 6.30. The molecule has 6 nitrogen and oxygen atoms in total. The van der Waals surface area contributed by atoms with Gasteiger partial charge in [-0.15, -0.1) is 5.10 Å². The molecule has 2 aromatic heterocycles. The lowest BCUT2D eigenvalue weighted by Gasteiger charge is -2.12. The van der Waals surface area contributed by atoms with Crippen LogP contribution in [-0.4, -0.2) is 32.4 Å². The zero-order valence-corrected chi connectivity index (χ0v) is 16.0. The van der Waals surface area contributed by atoms with Crippen LogP contribution in [0.2, 0.25) is 5.02 Å². The van der Waals surface area contributed by atoms with Crippen LogP contribution in [0, 0.1) is 6.92 Å². The molecule has 0 atom stereocenters. The van der Waals surface area contributed by atoms with Crippen LogP contribution in [0.4, 0.5) is 0 Å². The number of hydrogen-bond acceptors (Lipinski definition) is 4. The second kappa shape index (κ2) is 7.78. The van der Waals surface area contributed by atoms with E-state index in [1.54, 1.807) is 10.9 Å². The van der Waals surface area contributed by atoms with Gasteiger partial charge in [-0.05, 0) is 60.9 Å². The number of aromatic nitrogens is 4. The fourth-order valence-corrected chi connectivity index (χ4v) is 3.22. The maximum absolute atomic E-state index is 12.7. The van der Waals surface area contributed by atoms with Gasteiger partial charge in [0.2, 0.25) is 0 Å². The number of nitrogens with zero attached hydrogens (tertiary/aromatic N) is 4. The van der Waals surface area contributed by atoms with Crippen molar-refractivity contribution in [1.29, 1.82) is 0 Å². The number of carbonyl (C=O) groups excluding carboxylic acids is 1. The van der Waals surface area contributed by atoms with E-state index in [0.29, 0.717) is 28.3 Å². The number of nitrogens with one attached hydrogen (secondary N) is 1. The molecule has 1 amide bonds. The summed E-state index contributed by atoms with van der Waals surface area (Å²) in [6, 6.07) is 16.9. The molecule has 2 aromatic carbocycles. The molecule has 4 aromatic rings. The van der Waals surface area contributed by atoms with Gasteiger partial charge < -0.3 is 5.32 Å². The Morgan fingerprint density at radius 1 is 1.11 bits per heavy atom. The number of pyridine rings is 1. The van der Waals surface area contributed by atoms with E-state index < -0.39 is 0 Å². The summed E-state index contributed by atoms with van der Waals surface area (Å²) in [7, 11) is 0. The topological polar surface area (TPSA) is 72.7 Å². The summed E-state index contributed by atoms with van der Waals surface area (Å²) in [6.45, 7) is 2.44. The lowest BCUT2D eigenvalue weighted by Crippen LogP contribution is -2.26. The number of carbonyl (C=O) groups is 1. The number of rotatable bonds is 5. The molecule has 0 bridgehead atoms. The molecule has 0 aliphatic rings. The van der Waals surface area contributed by atoms with Gasteiger partial charge in [0.05, 0.1) is 5.69 Å². The summed E-state index contributed by atoms with van der Waals surface area (Å²) in [5, 5.41) is 12.0. The summed E-state index contributed by atoms with van der Waals surface area (Å²) < 4.78 is 1.66. The van der Waals surface area contributed by atoms with Crippen molar-refractivity contribution in [2.75, 3.05) is 6.54 Å². The van der Waals surface area contributed by atoms with Crippen molar-refractivity contribution in [2.24, 2.45) is 0 Å². The Morgan fingerprint density at radius 2 is 1.93 bits per heavy atom. The van der Waals surface area contributed by atoms with Crippen LogP contribution >= 0.6 is 11.6 Å². The van der Waals surface area contributed by atoms with Gasteiger partial charge in [-0.3, -0.25) is 4.79 Å². The molecule has 0 aliphatic heterocycles. The molecule has 0 unspecified atom stereocenters. The number of benzene rings is 2. The molecular formula is C21H18ClN5O. The molecule has 0 aliphatic carbocycles. The highest BCUT2D eigenvalue weighted by Gasteiger charge is 2.15. The predicted molar refractivity (Wildman–Crippen MR) is 109 cm³/mol. The summed E-state index contributed by atoms with van der Waals surface area (Å²) in [6.07, 6.45) is 2.43. The fraction of sp³-hybridized carbons (Fsp3) is 0.143. The Balaban J connectivity index is 1.53. The van der Waals surface area contributed by atoms with Gasteiger partial charge in [0.15, 0.2) is 5.65 Å². The van der Waals surface area contributed by atoms with Crippen molar-refractivity contribution >= 4 is 28.7 Å². The van der Waals surface area contributed by atoms with Crippen LogP contribution < -0.4 is 5.32 Å². The van der Waals surface area contributed by atoms with Gasteiger partial charge in [0.1, 0.15) is 5.52 Å². The van der Waals surface area contributed by atoms with Crippen molar-refractivity contribution in [3.63, 3.8) is 0 Å². The van der Waals surface area contributed by atoms with Crippen LogP contribution in [0.3, 0.4) is 0 Å². The van der Waals surface area contributed by atoms with Crippen molar-refractivity contribution in [1.82, 2.24) is 25.3 Å². The lowest BCUT2D eigenvalue weighted by molar-refractivity contribution is 0.0953. The van der Waals surface area contributed by atoms with E-state index in [2.05, 4.69) is 20.6 Å². The lowest BCUT2D eigenvalue weighted by atomic mass is 10.1. The molecule has 0 fully saturated rings. The predicted octanol–water partition coefficient (Wildman–Crippen LogP) is 3.75. The Labute approximate surface area is 167 Å². The van der Waals surface area contributed by atoms with E-state index in [-0.39, 0.29) is 5.91 Å². The molecule has 0 spiro atoms. The number of halogens is 1. The molecule has 2 heterocycles. The Morgan fingerprint density at radius 3 is 2.75 bits per heavy atom. The van der Waals surface area contributed by atoms with Crippen molar-refractivity contribution in [3.05, 3.63) is 82.5 Å². The quantitative estimate of drug-likeness (QED) is 0.562. The minimum absolute atomic E-state index is 0.120. The first-order valence-corrected chi connectivity index (χ1v) is 9.30. The van der Waals surface area contributed by atoms with E-state index in [0.717, 1.165) is 23.2 Å². The van der Waals surface area contributed by atoms with Gasteiger partial charge in [-0.2, -0.15) is 4.68 Å². The first kappa shape index (κ1) is 18.1. The fourth-order valence-electron chi connectivity index (χ4n) is 3.09. The van der Waals surface area contributed by atoms with Gasteiger partial charge in [-0.1, -0.05) is 35.0 Å². The Hall–Kier alpha value is -3.25. The average Bonchev–Trinajstić information content (AvgIpc) is 3.13.